The average molecular weight is 245 g/mol. The minimum absolute atomic E-state index is 0.263. The molecule has 0 saturated heterocycles. The van der Waals surface area contributed by atoms with Crippen molar-refractivity contribution in [2.75, 3.05) is 6.54 Å². The maximum absolute atomic E-state index is 3.65. The Kier molecular flexibility index (Phi) is 4.11. The van der Waals surface area contributed by atoms with Gasteiger partial charge in [-0.25, -0.2) is 0 Å². The zero-order chi connectivity index (χ0) is 13.2. The van der Waals surface area contributed by atoms with Crippen LogP contribution in [-0.4, -0.2) is 6.54 Å². The molecule has 1 N–H and O–H groups in total. The average Bonchev–Trinajstić information content (AvgIpc) is 2.34. The largest absolute Gasteiger partial charge is 0.310 e. The van der Waals surface area contributed by atoms with Crippen molar-refractivity contribution in [3.8, 4) is 0 Å². The van der Waals surface area contributed by atoms with Crippen LogP contribution < -0.4 is 5.32 Å². The summed E-state index contributed by atoms with van der Waals surface area (Å²) in [6, 6.07) is 7.60. The Morgan fingerprint density at radius 3 is 2.39 bits per heavy atom. The van der Waals surface area contributed by atoms with Crippen LogP contribution in [0, 0.1) is 5.41 Å². The number of rotatable bonds is 3. The summed E-state index contributed by atoms with van der Waals surface area (Å²) in [5.74, 6) is 0. The fourth-order valence-electron chi connectivity index (χ4n) is 3.06. The summed E-state index contributed by atoms with van der Waals surface area (Å²) in [6.07, 6.45) is 5.27. The van der Waals surface area contributed by atoms with E-state index in [9.17, 15) is 0 Å². The maximum atomic E-state index is 3.65. The van der Waals surface area contributed by atoms with Crippen LogP contribution in [0.15, 0.2) is 18.2 Å². The molecule has 2 rings (SSSR count). The van der Waals surface area contributed by atoms with E-state index in [1.807, 2.05) is 0 Å². The molecule has 0 spiro atoms. The lowest BCUT2D eigenvalue weighted by atomic mass is 9.80. The zero-order valence-electron chi connectivity index (χ0n) is 12.3. The standard InChI is InChI=1S/C17H27N/c1-5-18-16(17(2,3)4)15-11-10-13-8-6-7-9-14(13)12-15/h10-12,16,18H,5-9H2,1-4H3. The molecule has 1 aliphatic rings. The van der Waals surface area contributed by atoms with E-state index < -0.39 is 0 Å². The fourth-order valence-corrected chi connectivity index (χ4v) is 3.06. The predicted molar refractivity (Wildman–Crippen MR) is 79.0 cm³/mol. The first-order chi connectivity index (χ1) is 8.52. The molecule has 0 aliphatic heterocycles. The minimum atomic E-state index is 0.263. The first-order valence-electron chi connectivity index (χ1n) is 7.37. The molecule has 18 heavy (non-hydrogen) atoms. The summed E-state index contributed by atoms with van der Waals surface area (Å²) in [4.78, 5) is 0. The maximum Gasteiger partial charge on any atom is 0.0369 e. The fraction of sp³-hybridized carbons (Fsp3) is 0.647. The summed E-state index contributed by atoms with van der Waals surface area (Å²) in [7, 11) is 0. The molecule has 1 unspecified atom stereocenters. The van der Waals surface area contributed by atoms with E-state index in [0.29, 0.717) is 6.04 Å². The Morgan fingerprint density at radius 2 is 1.78 bits per heavy atom. The second-order valence-corrected chi connectivity index (χ2v) is 6.59. The van der Waals surface area contributed by atoms with Gasteiger partial charge in [-0.1, -0.05) is 45.9 Å². The Balaban J connectivity index is 2.30. The van der Waals surface area contributed by atoms with E-state index in [0.717, 1.165) is 6.54 Å². The van der Waals surface area contributed by atoms with Crippen molar-refractivity contribution in [3.63, 3.8) is 0 Å². The highest BCUT2D eigenvalue weighted by Crippen LogP contribution is 2.34. The monoisotopic (exact) mass is 245 g/mol. The van der Waals surface area contributed by atoms with Crippen LogP contribution in [0.25, 0.3) is 0 Å². The molecule has 0 radical (unpaired) electrons. The molecule has 0 amide bonds. The number of benzene rings is 1. The highest BCUT2D eigenvalue weighted by molar-refractivity contribution is 5.35. The summed E-state index contributed by atoms with van der Waals surface area (Å²) >= 11 is 0. The third-order valence-electron chi connectivity index (χ3n) is 3.98. The van der Waals surface area contributed by atoms with Gasteiger partial charge >= 0.3 is 0 Å². The Hall–Kier alpha value is -0.820. The minimum Gasteiger partial charge on any atom is -0.310 e. The lowest BCUT2D eigenvalue weighted by Crippen LogP contribution is -2.32. The van der Waals surface area contributed by atoms with Crippen molar-refractivity contribution in [1.29, 1.82) is 0 Å². The van der Waals surface area contributed by atoms with Crippen molar-refractivity contribution in [3.05, 3.63) is 34.9 Å². The molecule has 1 heteroatoms. The van der Waals surface area contributed by atoms with Crippen LogP contribution in [0.4, 0.5) is 0 Å². The molecule has 0 aromatic heterocycles. The topological polar surface area (TPSA) is 12.0 Å². The number of hydrogen-bond acceptors (Lipinski definition) is 1. The van der Waals surface area contributed by atoms with E-state index in [4.69, 9.17) is 0 Å². The normalized spacial score (nSPS) is 17.3. The van der Waals surface area contributed by atoms with Crippen LogP contribution in [0.2, 0.25) is 0 Å². The van der Waals surface area contributed by atoms with Crippen molar-refractivity contribution in [1.82, 2.24) is 5.32 Å². The lowest BCUT2D eigenvalue weighted by molar-refractivity contribution is 0.276. The van der Waals surface area contributed by atoms with Gasteiger partial charge in [0.15, 0.2) is 0 Å². The first-order valence-corrected chi connectivity index (χ1v) is 7.37. The SMILES string of the molecule is CCNC(c1ccc2c(c1)CCCC2)C(C)(C)C. The van der Waals surface area contributed by atoms with E-state index in [1.54, 1.807) is 11.1 Å². The molecule has 0 fully saturated rings. The molecule has 100 valence electrons. The van der Waals surface area contributed by atoms with Crippen molar-refractivity contribution in [2.24, 2.45) is 5.41 Å². The molecule has 0 bridgehead atoms. The molecule has 1 aromatic rings. The van der Waals surface area contributed by atoms with Gasteiger partial charge in [0.1, 0.15) is 0 Å². The van der Waals surface area contributed by atoms with Crippen molar-refractivity contribution in [2.45, 2.75) is 59.4 Å². The highest BCUT2D eigenvalue weighted by Gasteiger charge is 2.26. The second-order valence-electron chi connectivity index (χ2n) is 6.59. The van der Waals surface area contributed by atoms with Gasteiger partial charge in [0.25, 0.3) is 0 Å². The van der Waals surface area contributed by atoms with E-state index in [-0.39, 0.29) is 5.41 Å². The van der Waals surface area contributed by atoms with Crippen LogP contribution >= 0.6 is 0 Å². The number of hydrogen-bond donors (Lipinski definition) is 1. The molecular formula is C17H27N. The molecule has 0 heterocycles. The van der Waals surface area contributed by atoms with Gasteiger partial charge < -0.3 is 5.32 Å². The van der Waals surface area contributed by atoms with Gasteiger partial charge in [-0.2, -0.15) is 0 Å². The van der Waals surface area contributed by atoms with Gasteiger partial charge in [-0.15, -0.1) is 0 Å². The first kappa shape index (κ1) is 13.6. The predicted octanol–water partition coefficient (Wildman–Crippen LogP) is 4.26. The van der Waals surface area contributed by atoms with Gasteiger partial charge in [0.05, 0.1) is 0 Å². The highest BCUT2D eigenvalue weighted by atomic mass is 14.9. The van der Waals surface area contributed by atoms with Gasteiger partial charge in [0.2, 0.25) is 0 Å². The van der Waals surface area contributed by atoms with Crippen LogP contribution in [0.1, 0.15) is 63.3 Å². The molecule has 0 saturated carbocycles. The molecular weight excluding hydrogens is 218 g/mol. The van der Waals surface area contributed by atoms with Crippen LogP contribution in [0.3, 0.4) is 0 Å². The van der Waals surface area contributed by atoms with E-state index in [2.05, 4.69) is 51.2 Å². The number of fused-ring (bicyclic) bond motifs is 1. The summed E-state index contributed by atoms with van der Waals surface area (Å²) in [5, 5.41) is 3.65. The Labute approximate surface area is 112 Å². The molecule has 1 aliphatic carbocycles. The quantitative estimate of drug-likeness (QED) is 0.839. The van der Waals surface area contributed by atoms with Gasteiger partial charge in [-0.05, 0) is 54.3 Å². The molecule has 1 nitrogen and oxygen atoms in total. The third kappa shape index (κ3) is 2.95. The summed E-state index contributed by atoms with van der Waals surface area (Å²) in [5.41, 5.74) is 4.89. The zero-order valence-corrected chi connectivity index (χ0v) is 12.3. The number of nitrogens with one attached hydrogen (secondary N) is 1. The van der Waals surface area contributed by atoms with Crippen LogP contribution in [-0.2, 0) is 12.8 Å². The molecule has 1 aromatic carbocycles. The van der Waals surface area contributed by atoms with Crippen LogP contribution in [0.5, 0.6) is 0 Å². The summed E-state index contributed by atoms with van der Waals surface area (Å²) in [6.45, 7) is 10.2. The number of aryl methyl sites for hydroxylation is 2. The van der Waals surface area contributed by atoms with Crippen molar-refractivity contribution >= 4 is 0 Å². The van der Waals surface area contributed by atoms with E-state index in [1.165, 1.54) is 31.2 Å². The van der Waals surface area contributed by atoms with Gasteiger partial charge in [-0.3, -0.25) is 0 Å². The van der Waals surface area contributed by atoms with E-state index >= 15 is 0 Å². The lowest BCUT2D eigenvalue weighted by Gasteiger charge is -2.32. The third-order valence-corrected chi connectivity index (χ3v) is 3.98. The van der Waals surface area contributed by atoms with Crippen molar-refractivity contribution < 1.29 is 0 Å². The molecule has 1 atom stereocenters. The smallest absolute Gasteiger partial charge is 0.0369 e. The Morgan fingerprint density at radius 1 is 1.11 bits per heavy atom. The Bertz CT molecular complexity index is 401. The van der Waals surface area contributed by atoms with Gasteiger partial charge in [0, 0.05) is 6.04 Å². The summed E-state index contributed by atoms with van der Waals surface area (Å²) < 4.78 is 0. The second kappa shape index (κ2) is 5.44.